The van der Waals surface area contributed by atoms with Crippen LogP contribution in [0.4, 0.5) is 5.69 Å². The third-order valence-corrected chi connectivity index (χ3v) is 5.25. The van der Waals surface area contributed by atoms with E-state index in [0.29, 0.717) is 16.1 Å². The molecule has 0 bridgehead atoms. The van der Waals surface area contributed by atoms with Crippen LogP contribution in [0.5, 0.6) is 0 Å². The molecule has 0 saturated heterocycles. The number of carbonyl (C=O) groups is 1. The second kappa shape index (κ2) is 6.92. The molecule has 1 saturated carbocycles. The Bertz CT molecular complexity index is 885. The molecule has 0 aliphatic heterocycles. The van der Waals surface area contributed by atoms with Crippen molar-refractivity contribution in [2.24, 2.45) is 0 Å². The van der Waals surface area contributed by atoms with Gasteiger partial charge in [0.15, 0.2) is 4.67 Å². The van der Waals surface area contributed by atoms with E-state index in [9.17, 15) is 13.2 Å². The Kier molecular flexibility index (Phi) is 4.88. The van der Waals surface area contributed by atoms with Gasteiger partial charge in [0.25, 0.3) is 0 Å². The maximum Gasteiger partial charge on any atom is 0.248 e. The van der Waals surface area contributed by atoms with Gasteiger partial charge >= 0.3 is 0 Å². The molecule has 1 aliphatic carbocycles. The van der Waals surface area contributed by atoms with Crippen molar-refractivity contribution in [2.75, 3.05) is 5.32 Å². The van der Waals surface area contributed by atoms with Crippen molar-refractivity contribution in [1.82, 2.24) is 4.72 Å². The van der Waals surface area contributed by atoms with Crippen LogP contribution < -0.4 is 10.0 Å². The molecular formula is C16H15BrN2O4S. The Morgan fingerprint density at radius 1 is 1.25 bits per heavy atom. The standard InChI is InChI=1S/C16H15BrN2O4S/c17-15-8-6-13(23-15)7-9-16(20)18-12-2-1-3-14(10-12)24(21,22)19-11-4-5-11/h1-3,6-11,19H,4-5H2,(H,18,20)/b9-7+. The summed E-state index contributed by atoms with van der Waals surface area (Å²) < 4.78 is 32.8. The summed E-state index contributed by atoms with van der Waals surface area (Å²) in [6, 6.07) is 9.61. The van der Waals surface area contributed by atoms with Crippen LogP contribution in [-0.2, 0) is 14.8 Å². The number of anilines is 1. The summed E-state index contributed by atoms with van der Waals surface area (Å²) in [5.74, 6) is 0.147. The van der Waals surface area contributed by atoms with Gasteiger partial charge in [-0.15, -0.1) is 0 Å². The van der Waals surface area contributed by atoms with Crippen LogP contribution in [0.1, 0.15) is 18.6 Å². The Balaban J connectivity index is 1.67. The number of benzene rings is 1. The molecule has 2 N–H and O–H groups in total. The minimum Gasteiger partial charge on any atom is -0.450 e. The highest BCUT2D eigenvalue weighted by Crippen LogP contribution is 2.23. The van der Waals surface area contributed by atoms with Crippen LogP contribution in [-0.4, -0.2) is 20.4 Å². The van der Waals surface area contributed by atoms with E-state index < -0.39 is 10.0 Å². The van der Waals surface area contributed by atoms with Gasteiger partial charge in [0.05, 0.1) is 4.90 Å². The van der Waals surface area contributed by atoms with Crippen molar-refractivity contribution in [3.8, 4) is 0 Å². The topological polar surface area (TPSA) is 88.4 Å². The fourth-order valence-corrected chi connectivity index (χ4v) is 3.66. The maximum absolute atomic E-state index is 12.2. The molecule has 2 aromatic rings. The van der Waals surface area contributed by atoms with Crippen LogP contribution >= 0.6 is 15.9 Å². The molecule has 0 atom stereocenters. The highest BCUT2D eigenvalue weighted by molar-refractivity contribution is 9.10. The van der Waals surface area contributed by atoms with Gasteiger partial charge < -0.3 is 9.73 Å². The smallest absolute Gasteiger partial charge is 0.248 e. The highest BCUT2D eigenvalue weighted by atomic mass is 79.9. The van der Waals surface area contributed by atoms with Crippen LogP contribution in [0.2, 0.25) is 0 Å². The Morgan fingerprint density at radius 3 is 2.71 bits per heavy atom. The molecule has 1 fully saturated rings. The van der Waals surface area contributed by atoms with E-state index in [-0.39, 0.29) is 16.8 Å². The van der Waals surface area contributed by atoms with E-state index >= 15 is 0 Å². The molecule has 1 aliphatic rings. The van der Waals surface area contributed by atoms with Gasteiger partial charge in [-0.1, -0.05) is 6.07 Å². The average Bonchev–Trinajstić information content (AvgIpc) is 3.23. The summed E-state index contributed by atoms with van der Waals surface area (Å²) in [4.78, 5) is 12.1. The third kappa shape index (κ3) is 4.56. The van der Waals surface area contributed by atoms with Crippen LogP contribution in [0.15, 0.2) is 56.5 Å². The molecule has 126 valence electrons. The zero-order chi connectivity index (χ0) is 17.2. The summed E-state index contributed by atoms with van der Waals surface area (Å²) in [6.45, 7) is 0. The van der Waals surface area contributed by atoms with Gasteiger partial charge in [0.2, 0.25) is 15.9 Å². The predicted molar refractivity (Wildman–Crippen MR) is 93.9 cm³/mol. The molecular weight excluding hydrogens is 396 g/mol. The molecule has 0 spiro atoms. The summed E-state index contributed by atoms with van der Waals surface area (Å²) in [5, 5.41) is 2.63. The molecule has 6 nitrogen and oxygen atoms in total. The predicted octanol–water partition coefficient (Wildman–Crippen LogP) is 3.13. The minimum absolute atomic E-state index is 0.0313. The summed E-state index contributed by atoms with van der Waals surface area (Å²) in [5.41, 5.74) is 0.406. The molecule has 1 heterocycles. The minimum atomic E-state index is -3.55. The highest BCUT2D eigenvalue weighted by Gasteiger charge is 2.28. The number of halogens is 1. The van der Waals surface area contributed by atoms with Gasteiger partial charge in [-0.2, -0.15) is 0 Å². The summed E-state index contributed by atoms with van der Waals surface area (Å²) in [7, 11) is -3.55. The molecule has 3 rings (SSSR count). The van der Waals surface area contributed by atoms with Crippen molar-refractivity contribution in [1.29, 1.82) is 0 Å². The molecule has 0 unspecified atom stereocenters. The van der Waals surface area contributed by atoms with Crippen LogP contribution in [0, 0.1) is 0 Å². The fraction of sp³-hybridized carbons (Fsp3) is 0.188. The number of amides is 1. The monoisotopic (exact) mass is 410 g/mol. The summed E-state index contributed by atoms with van der Waals surface area (Å²) >= 11 is 3.18. The first-order valence-corrected chi connectivity index (χ1v) is 9.57. The number of hydrogen-bond acceptors (Lipinski definition) is 4. The lowest BCUT2D eigenvalue weighted by atomic mass is 10.3. The summed E-state index contributed by atoms with van der Waals surface area (Å²) in [6.07, 6.45) is 4.57. The van der Waals surface area contributed by atoms with Gasteiger partial charge in [-0.3, -0.25) is 4.79 Å². The average molecular weight is 411 g/mol. The van der Waals surface area contributed by atoms with Gasteiger partial charge in [0, 0.05) is 17.8 Å². The van der Waals surface area contributed by atoms with Crippen LogP contribution in [0.25, 0.3) is 6.08 Å². The first-order chi connectivity index (χ1) is 11.4. The molecule has 1 aromatic carbocycles. The Morgan fingerprint density at radius 2 is 2.04 bits per heavy atom. The normalized spacial score (nSPS) is 14.9. The first kappa shape index (κ1) is 16.9. The quantitative estimate of drug-likeness (QED) is 0.715. The van der Waals surface area contributed by atoms with Crippen molar-refractivity contribution >= 4 is 43.6 Å². The number of carbonyl (C=O) groups excluding carboxylic acids is 1. The zero-order valence-electron chi connectivity index (χ0n) is 12.5. The lowest BCUT2D eigenvalue weighted by molar-refractivity contribution is -0.111. The third-order valence-electron chi connectivity index (χ3n) is 3.30. The first-order valence-electron chi connectivity index (χ1n) is 7.29. The molecule has 8 heteroatoms. The van der Waals surface area contributed by atoms with Gasteiger partial charge in [-0.05, 0) is 65.2 Å². The number of hydrogen-bond donors (Lipinski definition) is 2. The van der Waals surface area contributed by atoms with E-state index in [0.717, 1.165) is 12.8 Å². The van der Waals surface area contributed by atoms with E-state index in [4.69, 9.17) is 4.42 Å². The van der Waals surface area contributed by atoms with E-state index in [2.05, 4.69) is 26.0 Å². The van der Waals surface area contributed by atoms with E-state index in [1.54, 1.807) is 24.3 Å². The van der Waals surface area contributed by atoms with E-state index in [1.165, 1.54) is 24.3 Å². The van der Waals surface area contributed by atoms with Crippen molar-refractivity contribution < 1.29 is 17.6 Å². The molecule has 1 aromatic heterocycles. The SMILES string of the molecule is O=C(/C=C/c1ccc(Br)o1)Nc1cccc(S(=O)(=O)NC2CC2)c1. The van der Waals surface area contributed by atoms with Gasteiger partial charge in [-0.25, -0.2) is 13.1 Å². The second-order valence-corrected chi connectivity index (χ2v) is 7.88. The lowest BCUT2D eigenvalue weighted by Gasteiger charge is -2.08. The Hall–Kier alpha value is -1.90. The van der Waals surface area contributed by atoms with Crippen molar-refractivity contribution in [2.45, 2.75) is 23.8 Å². The molecule has 0 radical (unpaired) electrons. The lowest BCUT2D eigenvalue weighted by Crippen LogP contribution is -2.25. The van der Waals surface area contributed by atoms with Crippen molar-refractivity contribution in [3.63, 3.8) is 0 Å². The number of rotatable bonds is 6. The largest absolute Gasteiger partial charge is 0.450 e. The zero-order valence-corrected chi connectivity index (χ0v) is 14.9. The fourth-order valence-electron chi connectivity index (χ4n) is 1.99. The van der Waals surface area contributed by atoms with E-state index in [1.807, 2.05) is 0 Å². The number of nitrogens with one attached hydrogen (secondary N) is 2. The number of furan rings is 1. The Labute approximate surface area is 148 Å². The molecule has 24 heavy (non-hydrogen) atoms. The maximum atomic E-state index is 12.2. The second-order valence-electron chi connectivity index (χ2n) is 5.39. The van der Waals surface area contributed by atoms with Crippen LogP contribution in [0.3, 0.4) is 0 Å². The van der Waals surface area contributed by atoms with Gasteiger partial charge in [0.1, 0.15) is 5.76 Å². The number of sulfonamides is 1. The molecule has 1 amide bonds. The van der Waals surface area contributed by atoms with Crippen molar-refractivity contribution in [3.05, 3.63) is 52.9 Å².